The van der Waals surface area contributed by atoms with Crippen LogP contribution in [-0.4, -0.2) is 18.7 Å². The molecule has 3 rings (SSSR count). The van der Waals surface area contributed by atoms with E-state index >= 15 is 0 Å². The second-order valence-electron chi connectivity index (χ2n) is 5.55. The minimum Gasteiger partial charge on any atom is -0.493 e. The van der Waals surface area contributed by atoms with Gasteiger partial charge in [-0.15, -0.1) is 11.3 Å². The summed E-state index contributed by atoms with van der Waals surface area (Å²) in [7, 11) is 0. The van der Waals surface area contributed by atoms with Crippen molar-refractivity contribution in [1.29, 1.82) is 0 Å². The molecule has 0 saturated heterocycles. The number of hydrogen-bond acceptors (Lipinski definition) is 3. The maximum atomic E-state index is 11.9. The molecule has 0 bridgehead atoms. The standard InChI is InChI=1S/C17H20N2O2S/c1-12(19-17(20)18-11-15-3-2-8-22-15)9-13-4-5-16-14(10-13)6-7-21-16/h2-5,8,10,12H,6-7,9,11H2,1H3,(H2,18,19,20)/t12-/m0/s1. The highest BCUT2D eigenvalue weighted by Gasteiger charge is 2.14. The van der Waals surface area contributed by atoms with Gasteiger partial charge in [0, 0.05) is 17.3 Å². The second-order valence-corrected chi connectivity index (χ2v) is 6.58. The van der Waals surface area contributed by atoms with Crippen molar-refractivity contribution in [2.24, 2.45) is 0 Å². The van der Waals surface area contributed by atoms with Crippen LogP contribution in [-0.2, 0) is 19.4 Å². The molecule has 5 heteroatoms. The van der Waals surface area contributed by atoms with Crippen LogP contribution in [0.4, 0.5) is 4.79 Å². The molecule has 2 heterocycles. The number of carbonyl (C=O) groups excluding carboxylic acids is 1. The zero-order chi connectivity index (χ0) is 15.4. The largest absolute Gasteiger partial charge is 0.493 e. The van der Waals surface area contributed by atoms with E-state index in [1.54, 1.807) is 11.3 Å². The fraction of sp³-hybridized carbons (Fsp3) is 0.353. The Labute approximate surface area is 134 Å². The molecule has 0 unspecified atom stereocenters. The molecule has 0 radical (unpaired) electrons. The van der Waals surface area contributed by atoms with Crippen LogP contribution in [0.25, 0.3) is 0 Å². The molecule has 1 aliphatic rings. The van der Waals surface area contributed by atoms with Gasteiger partial charge in [-0.2, -0.15) is 0 Å². The number of nitrogens with one attached hydrogen (secondary N) is 2. The van der Waals surface area contributed by atoms with Gasteiger partial charge in [0.05, 0.1) is 13.2 Å². The third-order valence-corrected chi connectivity index (χ3v) is 4.55. The number of carbonyl (C=O) groups is 1. The molecule has 22 heavy (non-hydrogen) atoms. The first-order chi connectivity index (χ1) is 10.7. The summed E-state index contributed by atoms with van der Waals surface area (Å²) in [6.45, 7) is 3.37. The Morgan fingerprint density at radius 2 is 2.32 bits per heavy atom. The Kier molecular flexibility index (Phi) is 4.63. The lowest BCUT2D eigenvalue weighted by Gasteiger charge is -2.15. The monoisotopic (exact) mass is 316 g/mol. The first-order valence-corrected chi connectivity index (χ1v) is 8.40. The predicted molar refractivity (Wildman–Crippen MR) is 88.5 cm³/mol. The molecule has 2 aromatic rings. The molecule has 4 nitrogen and oxygen atoms in total. The molecule has 0 saturated carbocycles. The van der Waals surface area contributed by atoms with E-state index in [4.69, 9.17) is 4.74 Å². The summed E-state index contributed by atoms with van der Waals surface area (Å²) >= 11 is 1.64. The molecule has 2 amide bonds. The van der Waals surface area contributed by atoms with Gasteiger partial charge in [-0.05, 0) is 42.0 Å². The van der Waals surface area contributed by atoms with Crippen LogP contribution in [0, 0.1) is 0 Å². The van der Waals surface area contributed by atoms with Crippen LogP contribution in [0.15, 0.2) is 35.7 Å². The van der Waals surface area contributed by atoms with Gasteiger partial charge in [-0.3, -0.25) is 0 Å². The average molecular weight is 316 g/mol. The smallest absolute Gasteiger partial charge is 0.315 e. The van der Waals surface area contributed by atoms with Crippen molar-refractivity contribution in [3.8, 4) is 5.75 Å². The van der Waals surface area contributed by atoms with Crippen molar-refractivity contribution >= 4 is 17.4 Å². The number of hydrogen-bond donors (Lipinski definition) is 2. The van der Waals surface area contributed by atoms with Crippen molar-refractivity contribution in [2.45, 2.75) is 32.4 Å². The van der Waals surface area contributed by atoms with Crippen LogP contribution < -0.4 is 15.4 Å². The third kappa shape index (κ3) is 3.80. The van der Waals surface area contributed by atoms with Crippen molar-refractivity contribution in [2.75, 3.05) is 6.61 Å². The topological polar surface area (TPSA) is 50.4 Å². The van der Waals surface area contributed by atoms with Crippen LogP contribution >= 0.6 is 11.3 Å². The van der Waals surface area contributed by atoms with Gasteiger partial charge < -0.3 is 15.4 Å². The highest BCUT2D eigenvalue weighted by Crippen LogP contribution is 2.26. The molecule has 1 aromatic heterocycles. The third-order valence-electron chi connectivity index (χ3n) is 3.68. The van der Waals surface area contributed by atoms with E-state index in [0.717, 1.165) is 30.1 Å². The molecule has 0 spiro atoms. The molecule has 1 atom stereocenters. The summed E-state index contributed by atoms with van der Waals surface area (Å²) in [4.78, 5) is 13.0. The lowest BCUT2D eigenvalue weighted by atomic mass is 10.0. The minimum absolute atomic E-state index is 0.0868. The summed E-state index contributed by atoms with van der Waals surface area (Å²) < 4.78 is 5.51. The van der Waals surface area contributed by atoms with Crippen molar-refractivity contribution in [3.05, 3.63) is 51.7 Å². The predicted octanol–water partition coefficient (Wildman–Crippen LogP) is 3.11. The molecule has 1 aromatic carbocycles. The Morgan fingerprint density at radius 3 is 3.14 bits per heavy atom. The summed E-state index contributed by atoms with van der Waals surface area (Å²) in [5.41, 5.74) is 2.50. The van der Waals surface area contributed by atoms with Gasteiger partial charge in [0.15, 0.2) is 0 Å². The first kappa shape index (κ1) is 14.9. The van der Waals surface area contributed by atoms with Crippen LogP contribution in [0.1, 0.15) is 22.9 Å². The quantitative estimate of drug-likeness (QED) is 0.890. The van der Waals surface area contributed by atoms with Gasteiger partial charge in [0.1, 0.15) is 5.75 Å². The van der Waals surface area contributed by atoms with E-state index in [2.05, 4.69) is 22.8 Å². The summed E-state index contributed by atoms with van der Waals surface area (Å²) in [5.74, 6) is 0.998. The molecular formula is C17H20N2O2S. The molecule has 2 N–H and O–H groups in total. The summed E-state index contributed by atoms with van der Waals surface area (Å²) in [6.07, 6.45) is 1.80. The van der Waals surface area contributed by atoms with Crippen molar-refractivity contribution in [1.82, 2.24) is 10.6 Å². The lowest BCUT2D eigenvalue weighted by molar-refractivity contribution is 0.237. The van der Waals surface area contributed by atoms with E-state index in [0.29, 0.717) is 6.54 Å². The normalized spacial score (nSPS) is 14.0. The van der Waals surface area contributed by atoms with Crippen LogP contribution in [0.5, 0.6) is 5.75 Å². The maximum absolute atomic E-state index is 11.9. The van der Waals surface area contributed by atoms with Gasteiger partial charge in [0.2, 0.25) is 0 Å². The van der Waals surface area contributed by atoms with Crippen molar-refractivity contribution < 1.29 is 9.53 Å². The molecule has 0 aliphatic carbocycles. The Balaban J connectivity index is 1.47. The zero-order valence-electron chi connectivity index (χ0n) is 12.6. The van der Waals surface area contributed by atoms with E-state index in [-0.39, 0.29) is 12.1 Å². The highest BCUT2D eigenvalue weighted by atomic mass is 32.1. The maximum Gasteiger partial charge on any atom is 0.315 e. The number of rotatable bonds is 5. The number of fused-ring (bicyclic) bond motifs is 1. The number of urea groups is 1. The number of amides is 2. The van der Waals surface area contributed by atoms with Crippen LogP contribution in [0.2, 0.25) is 0 Å². The van der Waals surface area contributed by atoms with Gasteiger partial charge >= 0.3 is 6.03 Å². The number of benzene rings is 1. The molecule has 1 aliphatic heterocycles. The number of thiophene rings is 1. The van der Waals surface area contributed by atoms with E-state index in [9.17, 15) is 4.79 Å². The first-order valence-electron chi connectivity index (χ1n) is 7.52. The summed E-state index contributed by atoms with van der Waals surface area (Å²) in [6, 6.07) is 10.3. The van der Waals surface area contributed by atoms with Gasteiger partial charge in [0.25, 0.3) is 0 Å². The minimum atomic E-state index is -0.120. The fourth-order valence-electron chi connectivity index (χ4n) is 2.63. The Morgan fingerprint density at radius 1 is 1.41 bits per heavy atom. The Bertz CT molecular complexity index is 640. The fourth-order valence-corrected chi connectivity index (χ4v) is 3.27. The highest BCUT2D eigenvalue weighted by molar-refractivity contribution is 7.09. The average Bonchev–Trinajstić information content (AvgIpc) is 3.15. The molecular weight excluding hydrogens is 296 g/mol. The van der Waals surface area contributed by atoms with E-state index < -0.39 is 0 Å². The van der Waals surface area contributed by atoms with Gasteiger partial charge in [-0.25, -0.2) is 4.79 Å². The summed E-state index contributed by atoms with van der Waals surface area (Å²) in [5, 5.41) is 7.87. The van der Waals surface area contributed by atoms with Crippen LogP contribution in [0.3, 0.4) is 0 Å². The SMILES string of the molecule is C[C@@H](Cc1ccc2c(c1)CCO2)NC(=O)NCc1cccs1. The molecule has 0 fully saturated rings. The van der Waals surface area contributed by atoms with E-state index in [1.165, 1.54) is 11.1 Å². The Hall–Kier alpha value is -2.01. The van der Waals surface area contributed by atoms with E-state index in [1.807, 2.05) is 30.5 Å². The molecule has 116 valence electrons. The zero-order valence-corrected chi connectivity index (χ0v) is 13.4. The lowest BCUT2D eigenvalue weighted by Crippen LogP contribution is -2.41. The van der Waals surface area contributed by atoms with Crippen molar-refractivity contribution in [3.63, 3.8) is 0 Å². The second kappa shape index (κ2) is 6.83. The number of ether oxygens (including phenoxy) is 1. The van der Waals surface area contributed by atoms with Gasteiger partial charge in [-0.1, -0.05) is 18.2 Å².